The van der Waals surface area contributed by atoms with Crippen molar-refractivity contribution in [1.29, 1.82) is 0 Å². The van der Waals surface area contributed by atoms with Crippen molar-refractivity contribution >= 4 is 23.1 Å². The first-order valence-electron chi connectivity index (χ1n) is 4.09. The second-order valence-electron chi connectivity index (χ2n) is 2.62. The largest absolute Gasteiger partial charge is 0.508 e. The van der Waals surface area contributed by atoms with Crippen molar-refractivity contribution in [3.63, 3.8) is 0 Å². The van der Waals surface area contributed by atoms with Crippen molar-refractivity contribution in [3.8, 4) is 5.75 Å². The van der Waals surface area contributed by atoms with Gasteiger partial charge < -0.3 is 5.11 Å². The zero-order valence-electron chi connectivity index (χ0n) is 7.80. The number of phenols is 1. The maximum Gasteiger partial charge on any atom is 0.119 e. The number of rotatable bonds is 2. The van der Waals surface area contributed by atoms with Crippen LogP contribution in [0.2, 0.25) is 0 Å². The van der Waals surface area contributed by atoms with E-state index in [0.29, 0.717) is 5.75 Å². The van der Waals surface area contributed by atoms with E-state index in [9.17, 15) is 5.11 Å². The smallest absolute Gasteiger partial charge is 0.119 e. The highest BCUT2D eigenvalue weighted by atomic mass is 24.3. The van der Waals surface area contributed by atoms with E-state index in [2.05, 4.69) is 19.9 Å². The second-order valence-corrected chi connectivity index (χ2v) is 2.62. The van der Waals surface area contributed by atoms with E-state index >= 15 is 0 Å². The molecule has 0 aliphatic carbocycles. The Bertz CT molecular complexity index is 246. The SMILES string of the molecule is CCc1cccc(O)c1CC.[Mg]. The summed E-state index contributed by atoms with van der Waals surface area (Å²) in [6, 6.07) is 5.71. The Labute approximate surface area is 90.0 Å². The lowest BCUT2D eigenvalue weighted by molar-refractivity contribution is 0.468. The third-order valence-corrected chi connectivity index (χ3v) is 1.98. The predicted molar refractivity (Wildman–Crippen MR) is 52.6 cm³/mol. The van der Waals surface area contributed by atoms with Crippen LogP contribution in [0.3, 0.4) is 0 Å². The van der Waals surface area contributed by atoms with Gasteiger partial charge in [0.2, 0.25) is 0 Å². The molecule has 0 amide bonds. The van der Waals surface area contributed by atoms with Crippen molar-refractivity contribution in [2.24, 2.45) is 0 Å². The van der Waals surface area contributed by atoms with Crippen LogP contribution >= 0.6 is 0 Å². The van der Waals surface area contributed by atoms with Crippen LogP contribution in [0, 0.1) is 0 Å². The highest BCUT2D eigenvalue weighted by molar-refractivity contribution is 5.75. The summed E-state index contributed by atoms with van der Waals surface area (Å²) in [6.07, 6.45) is 1.91. The van der Waals surface area contributed by atoms with Gasteiger partial charge in [-0.2, -0.15) is 0 Å². The molecule has 0 aliphatic heterocycles. The molecule has 62 valence electrons. The standard InChI is InChI=1S/C10H14O.Mg/c1-3-8-6-5-7-10(11)9(8)4-2;/h5-7,11H,3-4H2,1-2H3;. The highest BCUT2D eigenvalue weighted by Crippen LogP contribution is 2.21. The Balaban J connectivity index is 0.00000121. The summed E-state index contributed by atoms with van der Waals surface area (Å²) in [5.74, 6) is 0.437. The molecule has 1 rings (SSSR count). The molecule has 0 aliphatic rings. The molecule has 0 heterocycles. The molecule has 0 fully saturated rings. The summed E-state index contributed by atoms with van der Waals surface area (Å²) in [4.78, 5) is 0. The van der Waals surface area contributed by atoms with Crippen molar-refractivity contribution in [2.45, 2.75) is 26.7 Å². The number of aryl methyl sites for hydroxylation is 1. The summed E-state index contributed by atoms with van der Waals surface area (Å²) in [5.41, 5.74) is 2.35. The monoisotopic (exact) mass is 174 g/mol. The Hall–Kier alpha value is -0.214. The summed E-state index contributed by atoms with van der Waals surface area (Å²) in [5, 5.41) is 9.42. The van der Waals surface area contributed by atoms with E-state index in [1.165, 1.54) is 5.56 Å². The van der Waals surface area contributed by atoms with Gasteiger partial charge in [0.1, 0.15) is 5.75 Å². The van der Waals surface area contributed by atoms with Gasteiger partial charge in [-0.3, -0.25) is 0 Å². The molecule has 0 bridgehead atoms. The fourth-order valence-electron chi connectivity index (χ4n) is 1.36. The molecule has 0 saturated heterocycles. The first kappa shape index (κ1) is 11.8. The Morgan fingerprint density at radius 1 is 1.17 bits per heavy atom. The minimum atomic E-state index is 0. The highest BCUT2D eigenvalue weighted by Gasteiger charge is 2.02. The molecule has 0 saturated carbocycles. The maximum absolute atomic E-state index is 9.42. The Morgan fingerprint density at radius 2 is 1.83 bits per heavy atom. The van der Waals surface area contributed by atoms with Crippen LogP contribution in [-0.4, -0.2) is 28.2 Å². The molecule has 1 aromatic carbocycles. The van der Waals surface area contributed by atoms with E-state index in [1.54, 1.807) is 6.07 Å². The van der Waals surface area contributed by atoms with Crippen LogP contribution in [0.1, 0.15) is 25.0 Å². The van der Waals surface area contributed by atoms with Gasteiger partial charge in [-0.05, 0) is 30.0 Å². The van der Waals surface area contributed by atoms with E-state index in [4.69, 9.17) is 0 Å². The molecule has 1 N–H and O–H groups in total. The third kappa shape index (κ3) is 2.39. The quantitative estimate of drug-likeness (QED) is 0.681. The topological polar surface area (TPSA) is 20.2 Å². The minimum Gasteiger partial charge on any atom is -0.508 e. The Morgan fingerprint density at radius 3 is 2.25 bits per heavy atom. The minimum absolute atomic E-state index is 0. The summed E-state index contributed by atoms with van der Waals surface area (Å²) in [6.45, 7) is 4.17. The zero-order chi connectivity index (χ0) is 8.27. The van der Waals surface area contributed by atoms with E-state index in [1.807, 2.05) is 6.07 Å². The molecule has 12 heavy (non-hydrogen) atoms. The average Bonchev–Trinajstić information content (AvgIpc) is 2.04. The predicted octanol–water partition coefficient (Wildman–Crippen LogP) is 2.14. The number of benzene rings is 1. The number of aromatic hydroxyl groups is 1. The number of hydrogen-bond donors (Lipinski definition) is 1. The molecule has 1 aromatic rings. The van der Waals surface area contributed by atoms with Crippen molar-refractivity contribution in [2.75, 3.05) is 0 Å². The maximum atomic E-state index is 9.42. The van der Waals surface area contributed by atoms with Crippen molar-refractivity contribution in [1.82, 2.24) is 0 Å². The lowest BCUT2D eigenvalue weighted by Crippen LogP contribution is -1.90. The summed E-state index contributed by atoms with van der Waals surface area (Å²) in [7, 11) is 0. The summed E-state index contributed by atoms with van der Waals surface area (Å²) >= 11 is 0. The van der Waals surface area contributed by atoms with E-state index in [-0.39, 0.29) is 23.1 Å². The molecule has 1 nitrogen and oxygen atoms in total. The number of hydrogen-bond acceptors (Lipinski definition) is 1. The first-order valence-corrected chi connectivity index (χ1v) is 4.09. The van der Waals surface area contributed by atoms with Gasteiger partial charge >= 0.3 is 0 Å². The molecule has 0 spiro atoms. The summed E-state index contributed by atoms with van der Waals surface area (Å²) < 4.78 is 0. The molecular formula is C10H14MgO. The van der Waals surface area contributed by atoms with E-state index < -0.39 is 0 Å². The van der Waals surface area contributed by atoms with E-state index in [0.717, 1.165) is 18.4 Å². The molecule has 0 atom stereocenters. The first-order chi connectivity index (χ1) is 5.29. The van der Waals surface area contributed by atoms with Crippen LogP contribution in [0.15, 0.2) is 18.2 Å². The van der Waals surface area contributed by atoms with Gasteiger partial charge in [0.05, 0.1) is 0 Å². The lowest BCUT2D eigenvalue weighted by atomic mass is 10.0. The third-order valence-electron chi connectivity index (χ3n) is 1.98. The molecule has 2 radical (unpaired) electrons. The fraction of sp³-hybridized carbons (Fsp3) is 0.400. The van der Waals surface area contributed by atoms with Gasteiger partial charge in [0.25, 0.3) is 0 Å². The second kappa shape index (κ2) is 5.44. The van der Waals surface area contributed by atoms with Crippen LogP contribution in [0.4, 0.5) is 0 Å². The zero-order valence-corrected chi connectivity index (χ0v) is 9.21. The van der Waals surface area contributed by atoms with Gasteiger partial charge in [0.15, 0.2) is 0 Å². The average molecular weight is 175 g/mol. The lowest BCUT2D eigenvalue weighted by Gasteiger charge is -2.06. The molecule has 2 heteroatoms. The van der Waals surface area contributed by atoms with Gasteiger partial charge in [0, 0.05) is 23.1 Å². The molecule has 0 unspecified atom stereocenters. The van der Waals surface area contributed by atoms with Crippen molar-refractivity contribution < 1.29 is 5.11 Å². The normalized spacial score (nSPS) is 9.17. The van der Waals surface area contributed by atoms with Crippen LogP contribution in [0.25, 0.3) is 0 Å². The van der Waals surface area contributed by atoms with Gasteiger partial charge in [-0.1, -0.05) is 26.0 Å². The van der Waals surface area contributed by atoms with Crippen molar-refractivity contribution in [3.05, 3.63) is 29.3 Å². The van der Waals surface area contributed by atoms with Crippen LogP contribution in [0.5, 0.6) is 5.75 Å². The molecule has 0 aromatic heterocycles. The Kier molecular flexibility index (Phi) is 5.34. The van der Waals surface area contributed by atoms with Gasteiger partial charge in [-0.15, -0.1) is 0 Å². The van der Waals surface area contributed by atoms with Crippen LogP contribution < -0.4 is 0 Å². The van der Waals surface area contributed by atoms with Crippen LogP contribution in [-0.2, 0) is 12.8 Å². The fourth-order valence-corrected chi connectivity index (χ4v) is 1.36. The number of phenolic OH excluding ortho intramolecular Hbond substituents is 1. The molecular weight excluding hydrogens is 160 g/mol. The van der Waals surface area contributed by atoms with Gasteiger partial charge in [-0.25, -0.2) is 0 Å².